The van der Waals surface area contributed by atoms with E-state index < -0.39 is 0 Å². The predicted molar refractivity (Wildman–Crippen MR) is 74.6 cm³/mol. The number of hydrogen-bond acceptors (Lipinski definition) is 5. The standard InChI is InChI=1S/C15H21NO4/c1-3-19-14(17)7-8-20-15-10-5-4-6-13(18-2)11(10)9-12(15)16/h4-6,12,15H,3,7-9,16H2,1-2H3. The topological polar surface area (TPSA) is 70.8 Å². The van der Waals surface area contributed by atoms with E-state index in [0.29, 0.717) is 13.2 Å². The quantitative estimate of drug-likeness (QED) is 0.801. The average Bonchev–Trinajstić information content (AvgIpc) is 2.75. The van der Waals surface area contributed by atoms with Crippen molar-refractivity contribution in [3.05, 3.63) is 29.3 Å². The van der Waals surface area contributed by atoms with Crippen LogP contribution in [0.4, 0.5) is 0 Å². The summed E-state index contributed by atoms with van der Waals surface area (Å²) in [5, 5.41) is 0. The van der Waals surface area contributed by atoms with Crippen molar-refractivity contribution in [3.63, 3.8) is 0 Å². The number of hydrogen-bond donors (Lipinski definition) is 1. The van der Waals surface area contributed by atoms with E-state index in [9.17, 15) is 4.79 Å². The largest absolute Gasteiger partial charge is 0.496 e. The third-order valence-electron chi connectivity index (χ3n) is 3.43. The van der Waals surface area contributed by atoms with Crippen molar-refractivity contribution < 1.29 is 19.0 Å². The lowest BCUT2D eigenvalue weighted by Gasteiger charge is -2.17. The summed E-state index contributed by atoms with van der Waals surface area (Å²) < 4.78 is 16.0. The molecule has 0 heterocycles. The van der Waals surface area contributed by atoms with Crippen LogP contribution in [0.5, 0.6) is 5.75 Å². The van der Waals surface area contributed by atoms with E-state index in [1.807, 2.05) is 18.2 Å². The number of esters is 1. The number of rotatable bonds is 6. The number of ether oxygens (including phenoxy) is 3. The molecular formula is C15H21NO4. The molecule has 0 fully saturated rings. The maximum absolute atomic E-state index is 11.3. The highest BCUT2D eigenvalue weighted by molar-refractivity contribution is 5.69. The fourth-order valence-electron chi connectivity index (χ4n) is 2.55. The number of fused-ring (bicyclic) bond motifs is 1. The van der Waals surface area contributed by atoms with Crippen molar-refractivity contribution in [3.8, 4) is 5.75 Å². The number of nitrogens with two attached hydrogens (primary N) is 1. The second kappa shape index (κ2) is 6.72. The molecule has 1 aromatic carbocycles. The Morgan fingerprint density at radius 1 is 1.45 bits per heavy atom. The van der Waals surface area contributed by atoms with Crippen molar-refractivity contribution in [1.29, 1.82) is 0 Å². The first-order valence-corrected chi connectivity index (χ1v) is 6.86. The van der Waals surface area contributed by atoms with Gasteiger partial charge in [0.15, 0.2) is 0 Å². The van der Waals surface area contributed by atoms with Crippen molar-refractivity contribution in [1.82, 2.24) is 0 Å². The molecule has 20 heavy (non-hydrogen) atoms. The van der Waals surface area contributed by atoms with Crippen LogP contribution < -0.4 is 10.5 Å². The van der Waals surface area contributed by atoms with Gasteiger partial charge in [-0.15, -0.1) is 0 Å². The Bertz CT molecular complexity index is 475. The van der Waals surface area contributed by atoms with Crippen LogP contribution in [0.3, 0.4) is 0 Å². The van der Waals surface area contributed by atoms with Gasteiger partial charge < -0.3 is 19.9 Å². The molecule has 0 amide bonds. The van der Waals surface area contributed by atoms with Gasteiger partial charge in [0.2, 0.25) is 0 Å². The van der Waals surface area contributed by atoms with Gasteiger partial charge >= 0.3 is 5.97 Å². The molecule has 2 rings (SSSR count). The van der Waals surface area contributed by atoms with Gasteiger partial charge in [-0.05, 0) is 25.0 Å². The maximum Gasteiger partial charge on any atom is 0.308 e. The van der Waals surface area contributed by atoms with Gasteiger partial charge in [0.1, 0.15) is 5.75 Å². The second-order valence-corrected chi connectivity index (χ2v) is 4.74. The van der Waals surface area contributed by atoms with Crippen LogP contribution in [0.1, 0.15) is 30.6 Å². The van der Waals surface area contributed by atoms with Crippen molar-refractivity contribution in [2.45, 2.75) is 31.9 Å². The highest BCUT2D eigenvalue weighted by Gasteiger charge is 2.32. The molecular weight excluding hydrogens is 258 g/mol. The molecule has 110 valence electrons. The van der Waals surface area contributed by atoms with Gasteiger partial charge in [-0.25, -0.2) is 0 Å². The fourth-order valence-corrected chi connectivity index (χ4v) is 2.55. The van der Waals surface area contributed by atoms with Crippen LogP contribution in [0.25, 0.3) is 0 Å². The molecule has 1 aliphatic rings. The van der Waals surface area contributed by atoms with E-state index in [-0.39, 0.29) is 24.5 Å². The molecule has 2 N–H and O–H groups in total. The van der Waals surface area contributed by atoms with Crippen LogP contribution in [0.15, 0.2) is 18.2 Å². The molecule has 2 unspecified atom stereocenters. The third-order valence-corrected chi connectivity index (χ3v) is 3.43. The zero-order valence-electron chi connectivity index (χ0n) is 11.9. The van der Waals surface area contributed by atoms with Crippen LogP contribution in [-0.2, 0) is 20.7 Å². The first kappa shape index (κ1) is 14.8. The lowest BCUT2D eigenvalue weighted by atomic mass is 10.1. The van der Waals surface area contributed by atoms with E-state index in [2.05, 4.69) is 0 Å². The number of methoxy groups -OCH3 is 1. The smallest absolute Gasteiger partial charge is 0.308 e. The summed E-state index contributed by atoms with van der Waals surface area (Å²) in [5.74, 6) is 0.597. The highest BCUT2D eigenvalue weighted by Crippen LogP contribution is 2.38. The van der Waals surface area contributed by atoms with Crippen molar-refractivity contribution >= 4 is 5.97 Å². The van der Waals surface area contributed by atoms with Crippen LogP contribution >= 0.6 is 0 Å². The van der Waals surface area contributed by atoms with Crippen molar-refractivity contribution in [2.75, 3.05) is 20.3 Å². The third kappa shape index (κ3) is 3.11. The Labute approximate surface area is 119 Å². The van der Waals surface area contributed by atoms with Gasteiger partial charge in [-0.2, -0.15) is 0 Å². The summed E-state index contributed by atoms with van der Waals surface area (Å²) in [4.78, 5) is 11.3. The van der Waals surface area contributed by atoms with E-state index in [1.165, 1.54) is 0 Å². The number of benzene rings is 1. The van der Waals surface area contributed by atoms with Gasteiger partial charge in [-0.3, -0.25) is 4.79 Å². The molecule has 0 saturated heterocycles. The molecule has 0 bridgehead atoms. The van der Waals surface area contributed by atoms with E-state index in [1.54, 1.807) is 14.0 Å². The Hall–Kier alpha value is -1.59. The monoisotopic (exact) mass is 279 g/mol. The second-order valence-electron chi connectivity index (χ2n) is 4.74. The van der Waals surface area contributed by atoms with Crippen LogP contribution in [-0.4, -0.2) is 32.3 Å². The minimum Gasteiger partial charge on any atom is -0.496 e. The molecule has 1 aromatic rings. The minimum absolute atomic E-state index is 0.108. The predicted octanol–water partition coefficient (Wildman–Crippen LogP) is 1.59. The summed E-state index contributed by atoms with van der Waals surface area (Å²) in [6.45, 7) is 2.49. The zero-order valence-corrected chi connectivity index (χ0v) is 11.9. The lowest BCUT2D eigenvalue weighted by molar-refractivity contribution is -0.144. The van der Waals surface area contributed by atoms with Gasteiger partial charge in [0.25, 0.3) is 0 Å². The van der Waals surface area contributed by atoms with Gasteiger partial charge in [0.05, 0.1) is 32.8 Å². The average molecular weight is 279 g/mol. The molecule has 1 aliphatic carbocycles. The summed E-state index contributed by atoms with van der Waals surface area (Å²) >= 11 is 0. The summed E-state index contributed by atoms with van der Waals surface area (Å²) in [6.07, 6.45) is 0.786. The zero-order chi connectivity index (χ0) is 14.5. The number of carbonyl (C=O) groups excluding carboxylic acids is 1. The Balaban J connectivity index is 1.99. The molecule has 5 heteroatoms. The van der Waals surface area contributed by atoms with Crippen LogP contribution in [0, 0.1) is 0 Å². The minimum atomic E-state index is -0.245. The first-order chi connectivity index (χ1) is 9.67. The molecule has 0 aliphatic heterocycles. The van der Waals surface area contributed by atoms with E-state index in [0.717, 1.165) is 23.3 Å². The molecule has 0 radical (unpaired) electrons. The van der Waals surface area contributed by atoms with Gasteiger partial charge in [0, 0.05) is 11.6 Å². The summed E-state index contributed by atoms with van der Waals surface area (Å²) in [5.41, 5.74) is 8.29. The SMILES string of the molecule is CCOC(=O)CCOC1c2cccc(OC)c2CC1N. The van der Waals surface area contributed by atoms with E-state index >= 15 is 0 Å². The fraction of sp³-hybridized carbons (Fsp3) is 0.533. The number of carbonyl (C=O) groups is 1. The lowest BCUT2D eigenvalue weighted by Crippen LogP contribution is -2.27. The first-order valence-electron chi connectivity index (χ1n) is 6.86. The maximum atomic E-state index is 11.3. The molecule has 0 saturated carbocycles. The van der Waals surface area contributed by atoms with Gasteiger partial charge in [-0.1, -0.05) is 12.1 Å². The van der Waals surface area contributed by atoms with Crippen molar-refractivity contribution in [2.24, 2.45) is 5.73 Å². The molecule has 0 aromatic heterocycles. The molecule has 0 spiro atoms. The Kier molecular flexibility index (Phi) is 4.98. The summed E-state index contributed by atoms with van der Waals surface area (Å²) in [6, 6.07) is 5.74. The molecule has 2 atom stereocenters. The normalized spacial score (nSPS) is 20.6. The Morgan fingerprint density at radius 2 is 2.25 bits per heavy atom. The summed E-state index contributed by atoms with van der Waals surface area (Å²) in [7, 11) is 1.65. The van der Waals surface area contributed by atoms with Crippen LogP contribution in [0.2, 0.25) is 0 Å². The van der Waals surface area contributed by atoms with E-state index in [4.69, 9.17) is 19.9 Å². The Morgan fingerprint density at radius 3 is 2.95 bits per heavy atom. The molecule has 5 nitrogen and oxygen atoms in total. The highest BCUT2D eigenvalue weighted by atomic mass is 16.5.